The predicted octanol–water partition coefficient (Wildman–Crippen LogP) is 1.31. The van der Waals surface area contributed by atoms with Crippen molar-refractivity contribution in [2.24, 2.45) is 0 Å². The second-order valence-corrected chi connectivity index (χ2v) is 3.99. The van der Waals surface area contributed by atoms with Crippen LogP contribution in [0.4, 0.5) is 5.69 Å². The Morgan fingerprint density at radius 1 is 1.44 bits per heavy atom. The summed E-state index contributed by atoms with van der Waals surface area (Å²) in [6.45, 7) is 0.131. The predicted molar refractivity (Wildman–Crippen MR) is 63.7 cm³/mol. The number of hydrogen-bond acceptors (Lipinski definition) is 3. The Balaban J connectivity index is 2.96. The van der Waals surface area contributed by atoms with E-state index >= 15 is 0 Å². The molecule has 0 heterocycles. The first kappa shape index (κ1) is 12.7. The van der Waals surface area contributed by atoms with Gasteiger partial charge in [0.1, 0.15) is 0 Å². The molecule has 16 heavy (non-hydrogen) atoms. The maximum Gasteiger partial charge on any atom is 0.337 e. The Kier molecular flexibility index (Phi) is 4.45. The maximum absolute atomic E-state index is 11.3. The molecular weight excluding hydrogens is 276 g/mol. The van der Waals surface area contributed by atoms with Gasteiger partial charge in [0.25, 0.3) is 0 Å². The van der Waals surface area contributed by atoms with Crippen molar-refractivity contribution in [1.29, 1.82) is 0 Å². The summed E-state index contributed by atoms with van der Waals surface area (Å²) in [5.74, 6) is -1.37. The molecule has 0 aliphatic heterocycles. The number of benzene rings is 1. The monoisotopic (exact) mass is 286 g/mol. The Morgan fingerprint density at radius 2 is 2.12 bits per heavy atom. The van der Waals surface area contributed by atoms with Gasteiger partial charge in [-0.1, -0.05) is 15.9 Å². The first-order chi connectivity index (χ1) is 7.54. The lowest BCUT2D eigenvalue weighted by Gasteiger charge is -2.08. The van der Waals surface area contributed by atoms with E-state index in [1.54, 1.807) is 19.2 Å². The Morgan fingerprint density at radius 3 is 2.69 bits per heavy atom. The van der Waals surface area contributed by atoms with Crippen molar-refractivity contribution in [1.82, 2.24) is 5.32 Å². The summed E-state index contributed by atoms with van der Waals surface area (Å²) in [7, 11) is 1.64. The highest BCUT2D eigenvalue weighted by Crippen LogP contribution is 2.21. The lowest BCUT2D eigenvalue weighted by molar-refractivity contribution is -0.115. The van der Waals surface area contributed by atoms with Gasteiger partial charge in [-0.05, 0) is 25.2 Å². The van der Waals surface area contributed by atoms with E-state index in [1.165, 1.54) is 6.07 Å². The molecule has 1 rings (SSSR count). The number of carboxylic acids is 1. The molecule has 0 fully saturated rings. The van der Waals surface area contributed by atoms with Crippen LogP contribution in [0.5, 0.6) is 0 Å². The SMILES string of the molecule is CNCC(=O)Nc1cc(Br)ccc1C(=O)O. The summed E-state index contributed by atoms with van der Waals surface area (Å²) in [6.07, 6.45) is 0. The number of hydrogen-bond donors (Lipinski definition) is 3. The molecule has 0 saturated carbocycles. The van der Waals surface area contributed by atoms with Crippen molar-refractivity contribution < 1.29 is 14.7 Å². The molecule has 0 atom stereocenters. The molecule has 3 N–H and O–H groups in total. The summed E-state index contributed by atoms with van der Waals surface area (Å²) in [4.78, 5) is 22.2. The lowest BCUT2D eigenvalue weighted by atomic mass is 10.2. The van der Waals surface area contributed by atoms with Crippen LogP contribution in [0.15, 0.2) is 22.7 Å². The lowest BCUT2D eigenvalue weighted by Crippen LogP contribution is -2.25. The normalized spacial score (nSPS) is 9.88. The minimum absolute atomic E-state index is 0.0626. The van der Waals surface area contributed by atoms with Crippen molar-refractivity contribution in [3.05, 3.63) is 28.2 Å². The zero-order valence-corrected chi connectivity index (χ0v) is 10.2. The molecule has 0 bridgehead atoms. The van der Waals surface area contributed by atoms with Gasteiger partial charge in [0.05, 0.1) is 17.8 Å². The topological polar surface area (TPSA) is 78.4 Å². The van der Waals surface area contributed by atoms with Crippen LogP contribution in [-0.4, -0.2) is 30.6 Å². The van der Waals surface area contributed by atoms with Gasteiger partial charge in [-0.15, -0.1) is 0 Å². The fourth-order valence-electron chi connectivity index (χ4n) is 1.16. The molecule has 5 nitrogen and oxygen atoms in total. The van der Waals surface area contributed by atoms with Crippen molar-refractivity contribution >= 4 is 33.5 Å². The van der Waals surface area contributed by atoms with E-state index in [1.807, 2.05) is 0 Å². The van der Waals surface area contributed by atoms with Gasteiger partial charge in [0.2, 0.25) is 5.91 Å². The minimum Gasteiger partial charge on any atom is -0.478 e. The molecule has 0 aromatic heterocycles. The van der Waals surface area contributed by atoms with Crippen molar-refractivity contribution in [2.45, 2.75) is 0 Å². The number of carbonyl (C=O) groups is 2. The highest BCUT2D eigenvalue weighted by molar-refractivity contribution is 9.10. The molecule has 0 aliphatic rings. The minimum atomic E-state index is -1.08. The number of rotatable bonds is 4. The number of anilines is 1. The van der Waals surface area contributed by atoms with Crippen LogP contribution in [-0.2, 0) is 4.79 Å². The van der Waals surface area contributed by atoms with E-state index in [-0.39, 0.29) is 23.7 Å². The maximum atomic E-state index is 11.3. The van der Waals surface area contributed by atoms with E-state index in [4.69, 9.17) is 5.11 Å². The quantitative estimate of drug-likeness (QED) is 0.780. The second kappa shape index (κ2) is 5.62. The third-order valence-electron chi connectivity index (χ3n) is 1.82. The van der Waals surface area contributed by atoms with Gasteiger partial charge in [-0.25, -0.2) is 4.79 Å². The summed E-state index contributed by atoms with van der Waals surface area (Å²) >= 11 is 3.21. The Bertz CT molecular complexity index is 421. The van der Waals surface area contributed by atoms with E-state index in [0.717, 1.165) is 0 Å². The summed E-state index contributed by atoms with van der Waals surface area (Å²) in [6, 6.07) is 4.59. The fraction of sp³-hybridized carbons (Fsp3) is 0.200. The highest BCUT2D eigenvalue weighted by Gasteiger charge is 2.12. The van der Waals surface area contributed by atoms with Gasteiger partial charge >= 0.3 is 5.97 Å². The zero-order chi connectivity index (χ0) is 12.1. The molecule has 0 spiro atoms. The van der Waals surface area contributed by atoms with E-state index in [2.05, 4.69) is 26.6 Å². The number of nitrogens with one attached hydrogen (secondary N) is 2. The molecule has 0 saturated heterocycles. The molecule has 1 aromatic rings. The van der Waals surface area contributed by atoms with Crippen LogP contribution < -0.4 is 10.6 Å². The fourth-order valence-corrected chi connectivity index (χ4v) is 1.52. The van der Waals surface area contributed by atoms with Crippen LogP contribution in [0, 0.1) is 0 Å². The molecule has 0 unspecified atom stereocenters. The molecule has 0 aliphatic carbocycles. The van der Waals surface area contributed by atoms with Crippen molar-refractivity contribution in [3.8, 4) is 0 Å². The third kappa shape index (κ3) is 3.32. The largest absolute Gasteiger partial charge is 0.478 e. The van der Waals surface area contributed by atoms with Crippen LogP contribution >= 0.6 is 15.9 Å². The smallest absolute Gasteiger partial charge is 0.337 e. The second-order valence-electron chi connectivity index (χ2n) is 3.07. The van der Waals surface area contributed by atoms with Gasteiger partial charge < -0.3 is 15.7 Å². The zero-order valence-electron chi connectivity index (χ0n) is 8.58. The average molecular weight is 287 g/mol. The molecule has 1 amide bonds. The number of carboxylic acid groups (broad SMARTS) is 1. The average Bonchev–Trinajstić information content (AvgIpc) is 2.17. The molecule has 86 valence electrons. The van der Waals surface area contributed by atoms with Crippen LogP contribution in [0.3, 0.4) is 0 Å². The highest BCUT2D eigenvalue weighted by atomic mass is 79.9. The molecular formula is C10H11BrN2O3. The Labute approximate surface area is 101 Å². The van der Waals surface area contributed by atoms with E-state index < -0.39 is 5.97 Å². The van der Waals surface area contributed by atoms with Gasteiger partial charge in [-0.3, -0.25) is 4.79 Å². The summed E-state index contributed by atoms with van der Waals surface area (Å²) in [5, 5.41) is 14.1. The number of likely N-dealkylation sites (N-methyl/N-ethyl adjacent to an activating group) is 1. The number of aromatic carboxylic acids is 1. The molecule has 6 heteroatoms. The number of amides is 1. The Hall–Kier alpha value is -1.40. The third-order valence-corrected chi connectivity index (χ3v) is 2.32. The molecule has 1 aromatic carbocycles. The standard InChI is InChI=1S/C10H11BrN2O3/c1-12-5-9(14)13-8-4-6(11)2-3-7(8)10(15)16/h2-4,12H,5H2,1H3,(H,13,14)(H,15,16). The summed E-state index contributed by atoms with van der Waals surface area (Å²) in [5.41, 5.74) is 0.342. The molecule has 0 radical (unpaired) electrons. The van der Waals surface area contributed by atoms with Gasteiger partial charge in [-0.2, -0.15) is 0 Å². The first-order valence-corrected chi connectivity index (χ1v) is 5.31. The van der Waals surface area contributed by atoms with Gasteiger partial charge in [0, 0.05) is 4.47 Å². The van der Waals surface area contributed by atoms with Gasteiger partial charge in [0.15, 0.2) is 0 Å². The van der Waals surface area contributed by atoms with Crippen LogP contribution in [0.1, 0.15) is 10.4 Å². The van der Waals surface area contributed by atoms with Crippen molar-refractivity contribution in [2.75, 3.05) is 18.9 Å². The number of halogens is 1. The van der Waals surface area contributed by atoms with E-state index in [9.17, 15) is 9.59 Å². The first-order valence-electron chi connectivity index (χ1n) is 4.52. The number of carbonyl (C=O) groups excluding carboxylic acids is 1. The van der Waals surface area contributed by atoms with E-state index in [0.29, 0.717) is 4.47 Å². The van der Waals surface area contributed by atoms with Crippen LogP contribution in [0.25, 0.3) is 0 Å². The van der Waals surface area contributed by atoms with Crippen LogP contribution in [0.2, 0.25) is 0 Å². The van der Waals surface area contributed by atoms with Crippen molar-refractivity contribution in [3.63, 3.8) is 0 Å². The summed E-state index contributed by atoms with van der Waals surface area (Å²) < 4.78 is 0.706.